The number of carbonyl (C=O) groups excluding carboxylic acids is 3. The number of imide groups is 1. The second-order valence-corrected chi connectivity index (χ2v) is 7.26. The van der Waals surface area contributed by atoms with Crippen LogP contribution in [-0.4, -0.2) is 35.7 Å². The van der Waals surface area contributed by atoms with Gasteiger partial charge < -0.3 is 5.32 Å². The van der Waals surface area contributed by atoms with Crippen LogP contribution >= 0.6 is 0 Å². The van der Waals surface area contributed by atoms with E-state index in [4.69, 9.17) is 0 Å². The van der Waals surface area contributed by atoms with Crippen LogP contribution in [0.5, 0.6) is 0 Å². The number of likely N-dealkylation sites (N-methyl/N-ethyl adjacent to an activating group) is 1. The SMILES string of the molecule is Cc1ccc(NC(=O)/C=C/c2ccccc2)cc1CN(C)C1CCC(=O)NC1=O. The van der Waals surface area contributed by atoms with Crippen molar-refractivity contribution in [3.05, 3.63) is 71.3 Å². The predicted octanol–water partition coefficient (Wildman–Crippen LogP) is 2.88. The third-order valence-electron chi connectivity index (χ3n) is 5.01. The summed E-state index contributed by atoms with van der Waals surface area (Å²) in [6.07, 6.45) is 4.13. The third-order valence-corrected chi connectivity index (χ3v) is 5.01. The summed E-state index contributed by atoms with van der Waals surface area (Å²) in [6.45, 7) is 2.54. The van der Waals surface area contributed by atoms with Crippen LogP contribution in [0.1, 0.15) is 29.5 Å². The van der Waals surface area contributed by atoms with Crippen LogP contribution in [0.25, 0.3) is 6.08 Å². The Hall–Kier alpha value is -3.25. The summed E-state index contributed by atoms with van der Waals surface area (Å²) in [4.78, 5) is 37.6. The molecule has 0 saturated carbocycles. The van der Waals surface area contributed by atoms with Crippen LogP contribution < -0.4 is 10.6 Å². The molecule has 150 valence electrons. The summed E-state index contributed by atoms with van der Waals surface area (Å²) in [5.74, 6) is -0.678. The molecule has 1 heterocycles. The first-order valence-corrected chi connectivity index (χ1v) is 9.60. The van der Waals surface area contributed by atoms with Gasteiger partial charge in [-0.15, -0.1) is 0 Å². The molecule has 1 atom stereocenters. The molecule has 0 bridgehead atoms. The molecule has 1 aliphatic rings. The van der Waals surface area contributed by atoms with Crippen LogP contribution in [0.3, 0.4) is 0 Å². The largest absolute Gasteiger partial charge is 0.323 e. The van der Waals surface area contributed by atoms with Gasteiger partial charge in [-0.25, -0.2) is 0 Å². The molecule has 1 aliphatic heterocycles. The standard InChI is InChI=1S/C23H25N3O3/c1-16-8-10-19(24-21(27)12-9-17-6-4-3-5-7-17)14-18(16)15-26(2)20-11-13-22(28)25-23(20)29/h3-10,12,14,20H,11,13,15H2,1-2H3,(H,24,27)(H,25,28,29)/b12-9+. The summed E-state index contributed by atoms with van der Waals surface area (Å²) in [6, 6.07) is 15.0. The Balaban J connectivity index is 1.64. The molecule has 0 aliphatic carbocycles. The minimum atomic E-state index is -0.334. The molecule has 2 N–H and O–H groups in total. The fourth-order valence-corrected chi connectivity index (χ4v) is 3.32. The Labute approximate surface area is 170 Å². The number of rotatable bonds is 6. The van der Waals surface area contributed by atoms with Crippen molar-refractivity contribution in [2.45, 2.75) is 32.4 Å². The van der Waals surface area contributed by atoms with Crippen molar-refractivity contribution in [1.29, 1.82) is 0 Å². The highest BCUT2D eigenvalue weighted by Gasteiger charge is 2.29. The molecule has 0 radical (unpaired) electrons. The van der Waals surface area contributed by atoms with Gasteiger partial charge in [-0.2, -0.15) is 0 Å². The quantitative estimate of drug-likeness (QED) is 0.586. The summed E-state index contributed by atoms with van der Waals surface area (Å²) in [7, 11) is 1.87. The Bertz CT molecular complexity index is 938. The van der Waals surface area contributed by atoms with Crippen LogP contribution in [0.15, 0.2) is 54.6 Å². The van der Waals surface area contributed by atoms with Gasteiger partial charge in [0.1, 0.15) is 0 Å². The lowest BCUT2D eigenvalue weighted by Gasteiger charge is -2.30. The monoisotopic (exact) mass is 391 g/mol. The smallest absolute Gasteiger partial charge is 0.248 e. The fraction of sp³-hybridized carbons (Fsp3) is 0.261. The Morgan fingerprint density at radius 1 is 1.21 bits per heavy atom. The number of amides is 3. The van der Waals surface area contributed by atoms with Gasteiger partial charge in [-0.05, 0) is 55.3 Å². The van der Waals surface area contributed by atoms with Crippen LogP contribution in [0.2, 0.25) is 0 Å². The first-order chi connectivity index (χ1) is 13.9. The molecular formula is C23H25N3O3. The highest BCUT2D eigenvalue weighted by molar-refractivity contribution is 6.02. The topological polar surface area (TPSA) is 78.5 Å². The van der Waals surface area contributed by atoms with Gasteiger partial charge >= 0.3 is 0 Å². The number of piperidine rings is 1. The van der Waals surface area contributed by atoms with E-state index in [0.717, 1.165) is 16.7 Å². The predicted molar refractivity (Wildman–Crippen MR) is 113 cm³/mol. The van der Waals surface area contributed by atoms with Crippen molar-refractivity contribution < 1.29 is 14.4 Å². The van der Waals surface area contributed by atoms with Crippen LogP contribution in [0, 0.1) is 6.92 Å². The molecule has 3 amide bonds. The molecule has 1 unspecified atom stereocenters. The van der Waals surface area contributed by atoms with Gasteiger partial charge in [-0.1, -0.05) is 36.4 Å². The maximum absolute atomic E-state index is 12.2. The maximum atomic E-state index is 12.2. The first kappa shape index (κ1) is 20.5. The summed E-state index contributed by atoms with van der Waals surface area (Å²) < 4.78 is 0. The molecule has 0 aromatic heterocycles. The highest BCUT2D eigenvalue weighted by Crippen LogP contribution is 2.20. The van der Waals surface area contributed by atoms with Gasteiger partial charge in [0.25, 0.3) is 0 Å². The number of nitrogens with one attached hydrogen (secondary N) is 2. The van der Waals surface area contributed by atoms with E-state index in [-0.39, 0.29) is 23.8 Å². The number of aryl methyl sites for hydroxylation is 1. The van der Waals surface area contributed by atoms with E-state index in [0.29, 0.717) is 25.1 Å². The van der Waals surface area contributed by atoms with E-state index >= 15 is 0 Å². The number of nitrogens with zero attached hydrogens (tertiary/aromatic N) is 1. The molecule has 6 nitrogen and oxygen atoms in total. The minimum absolute atomic E-state index is 0.206. The maximum Gasteiger partial charge on any atom is 0.248 e. The number of benzene rings is 2. The average Bonchev–Trinajstić information content (AvgIpc) is 2.69. The zero-order valence-corrected chi connectivity index (χ0v) is 16.6. The van der Waals surface area contributed by atoms with E-state index in [2.05, 4.69) is 10.6 Å². The Kier molecular flexibility index (Phi) is 6.57. The molecular weight excluding hydrogens is 366 g/mol. The van der Waals surface area contributed by atoms with Gasteiger partial charge in [0, 0.05) is 24.7 Å². The molecule has 2 aromatic rings. The van der Waals surface area contributed by atoms with Crippen molar-refractivity contribution in [2.75, 3.05) is 12.4 Å². The number of hydrogen-bond donors (Lipinski definition) is 2. The van der Waals surface area contributed by atoms with E-state index in [9.17, 15) is 14.4 Å². The Morgan fingerprint density at radius 3 is 2.69 bits per heavy atom. The zero-order valence-electron chi connectivity index (χ0n) is 16.6. The molecule has 2 aromatic carbocycles. The zero-order chi connectivity index (χ0) is 20.8. The molecule has 3 rings (SSSR count). The normalized spacial score (nSPS) is 16.9. The molecule has 29 heavy (non-hydrogen) atoms. The molecule has 0 spiro atoms. The Morgan fingerprint density at radius 2 is 1.97 bits per heavy atom. The van der Waals surface area contributed by atoms with Crippen molar-refractivity contribution in [3.63, 3.8) is 0 Å². The summed E-state index contributed by atoms with van der Waals surface area (Å²) >= 11 is 0. The van der Waals surface area contributed by atoms with Crippen molar-refractivity contribution in [1.82, 2.24) is 10.2 Å². The number of anilines is 1. The molecule has 1 saturated heterocycles. The van der Waals surface area contributed by atoms with E-state index in [1.807, 2.05) is 67.4 Å². The van der Waals surface area contributed by atoms with E-state index in [1.165, 1.54) is 6.08 Å². The highest BCUT2D eigenvalue weighted by atomic mass is 16.2. The van der Waals surface area contributed by atoms with E-state index < -0.39 is 0 Å². The van der Waals surface area contributed by atoms with Crippen molar-refractivity contribution in [2.24, 2.45) is 0 Å². The molecule has 1 fully saturated rings. The summed E-state index contributed by atoms with van der Waals surface area (Å²) in [5.41, 5.74) is 3.74. The van der Waals surface area contributed by atoms with Gasteiger partial charge in [0.15, 0.2) is 0 Å². The third kappa shape index (κ3) is 5.62. The number of hydrogen-bond acceptors (Lipinski definition) is 4. The first-order valence-electron chi connectivity index (χ1n) is 9.60. The lowest BCUT2D eigenvalue weighted by molar-refractivity contribution is -0.137. The second-order valence-electron chi connectivity index (χ2n) is 7.26. The summed E-state index contributed by atoms with van der Waals surface area (Å²) in [5, 5.41) is 5.27. The van der Waals surface area contributed by atoms with Crippen LogP contribution in [-0.2, 0) is 20.9 Å². The molecule has 6 heteroatoms. The lowest BCUT2D eigenvalue weighted by Crippen LogP contribution is -2.51. The lowest BCUT2D eigenvalue weighted by atomic mass is 10.0. The van der Waals surface area contributed by atoms with Crippen molar-refractivity contribution in [3.8, 4) is 0 Å². The van der Waals surface area contributed by atoms with Gasteiger partial charge in [-0.3, -0.25) is 24.6 Å². The van der Waals surface area contributed by atoms with Gasteiger partial charge in [0.2, 0.25) is 17.7 Å². The second kappa shape index (κ2) is 9.30. The van der Waals surface area contributed by atoms with Crippen LogP contribution in [0.4, 0.5) is 5.69 Å². The van der Waals surface area contributed by atoms with Crippen molar-refractivity contribution >= 4 is 29.5 Å². The average molecular weight is 391 g/mol. The van der Waals surface area contributed by atoms with Gasteiger partial charge in [0.05, 0.1) is 6.04 Å². The number of carbonyl (C=O) groups is 3. The minimum Gasteiger partial charge on any atom is -0.323 e. The fourth-order valence-electron chi connectivity index (χ4n) is 3.32. The van der Waals surface area contributed by atoms with E-state index in [1.54, 1.807) is 6.08 Å².